The maximum absolute atomic E-state index is 12.9. The number of amides is 2. The van der Waals surface area contributed by atoms with Gasteiger partial charge in [-0.3, -0.25) is 9.59 Å². The molecule has 5 heteroatoms. The Balaban J connectivity index is 2.93. The highest BCUT2D eigenvalue weighted by Gasteiger charge is 2.49. The molecule has 1 aliphatic heterocycles. The first-order valence-corrected chi connectivity index (χ1v) is 9.29. The van der Waals surface area contributed by atoms with Crippen LogP contribution in [0.3, 0.4) is 0 Å². The van der Waals surface area contributed by atoms with Crippen molar-refractivity contribution in [2.45, 2.75) is 65.5 Å². The van der Waals surface area contributed by atoms with Crippen LogP contribution in [-0.4, -0.2) is 46.3 Å². The fraction of sp³-hybridized carbons (Fsp3) is 0.875. The Hall–Kier alpha value is -0.710. The number of nitrogens with zero attached hydrogens (tertiary/aromatic N) is 1. The lowest BCUT2D eigenvalue weighted by Crippen LogP contribution is -2.71. The van der Waals surface area contributed by atoms with Gasteiger partial charge in [0, 0.05) is 6.54 Å². The van der Waals surface area contributed by atoms with Gasteiger partial charge in [0.2, 0.25) is 11.8 Å². The van der Waals surface area contributed by atoms with Crippen LogP contribution >= 0.6 is 11.8 Å². The van der Waals surface area contributed by atoms with Crippen LogP contribution in [0.25, 0.3) is 0 Å². The summed E-state index contributed by atoms with van der Waals surface area (Å²) in [7, 11) is 0. The van der Waals surface area contributed by atoms with E-state index in [9.17, 15) is 9.59 Å². The largest absolute Gasteiger partial charge is 0.340 e. The molecular formula is C16H30N2O2S. The van der Waals surface area contributed by atoms with Crippen molar-refractivity contribution in [3.63, 3.8) is 0 Å². The summed E-state index contributed by atoms with van der Waals surface area (Å²) in [5, 5.41) is 3.01. The zero-order valence-corrected chi connectivity index (χ0v) is 14.9. The van der Waals surface area contributed by atoms with Crippen molar-refractivity contribution >= 4 is 23.6 Å². The van der Waals surface area contributed by atoms with Gasteiger partial charge in [-0.2, -0.15) is 11.8 Å². The highest BCUT2D eigenvalue weighted by atomic mass is 32.2. The van der Waals surface area contributed by atoms with Gasteiger partial charge in [0.25, 0.3) is 0 Å². The summed E-state index contributed by atoms with van der Waals surface area (Å²) < 4.78 is 0. The summed E-state index contributed by atoms with van der Waals surface area (Å²) in [4.78, 5) is 27.3. The van der Waals surface area contributed by atoms with Gasteiger partial charge in [0.1, 0.15) is 11.6 Å². The van der Waals surface area contributed by atoms with Crippen molar-refractivity contribution in [3.05, 3.63) is 0 Å². The van der Waals surface area contributed by atoms with Crippen molar-refractivity contribution in [3.8, 4) is 0 Å². The van der Waals surface area contributed by atoms with Crippen LogP contribution in [0.2, 0.25) is 0 Å². The zero-order valence-electron chi connectivity index (χ0n) is 14.1. The van der Waals surface area contributed by atoms with Gasteiger partial charge in [-0.05, 0) is 36.7 Å². The maximum Gasteiger partial charge on any atom is 0.248 e. The molecule has 0 bridgehead atoms. The van der Waals surface area contributed by atoms with Crippen molar-refractivity contribution in [1.29, 1.82) is 0 Å². The lowest BCUT2D eigenvalue weighted by Gasteiger charge is -2.47. The number of carbonyl (C=O) groups excluding carboxylic acids is 2. The van der Waals surface area contributed by atoms with Crippen LogP contribution < -0.4 is 5.32 Å². The lowest BCUT2D eigenvalue weighted by molar-refractivity contribution is -0.157. The first kappa shape index (κ1) is 18.3. The molecule has 0 spiro atoms. The number of hydrogen-bond donors (Lipinski definition) is 1. The van der Waals surface area contributed by atoms with E-state index in [4.69, 9.17) is 0 Å². The van der Waals surface area contributed by atoms with E-state index < -0.39 is 5.54 Å². The Bertz CT molecular complexity index is 367. The van der Waals surface area contributed by atoms with Gasteiger partial charge in [-0.15, -0.1) is 0 Å². The fourth-order valence-electron chi connectivity index (χ4n) is 3.02. The highest BCUT2D eigenvalue weighted by Crippen LogP contribution is 2.28. The minimum absolute atomic E-state index is 0.0106. The van der Waals surface area contributed by atoms with E-state index in [1.54, 1.807) is 0 Å². The molecule has 2 amide bonds. The van der Waals surface area contributed by atoms with Crippen LogP contribution in [0.4, 0.5) is 0 Å². The third kappa shape index (κ3) is 3.93. The third-order valence-electron chi connectivity index (χ3n) is 4.37. The van der Waals surface area contributed by atoms with Crippen molar-refractivity contribution < 1.29 is 9.59 Å². The first-order chi connectivity index (χ1) is 9.93. The molecule has 1 N–H and O–H groups in total. The summed E-state index contributed by atoms with van der Waals surface area (Å²) in [5.74, 6) is 2.39. The van der Waals surface area contributed by atoms with Crippen LogP contribution in [0.1, 0.15) is 53.9 Å². The Morgan fingerprint density at radius 2 is 1.86 bits per heavy atom. The molecule has 1 atom stereocenters. The zero-order chi connectivity index (χ0) is 16.0. The predicted molar refractivity (Wildman–Crippen MR) is 89.4 cm³/mol. The van der Waals surface area contributed by atoms with Crippen LogP contribution in [0, 0.1) is 5.92 Å². The second-order valence-electron chi connectivity index (χ2n) is 6.02. The minimum Gasteiger partial charge on any atom is -0.340 e. The molecule has 21 heavy (non-hydrogen) atoms. The number of piperazine rings is 1. The van der Waals surface area contributed by atoms with E-state index in [1.807, 2.05) is 44.4 Å². The van der Waals surface area contributed by atoms with E-state index >= 15 is 0 Å². The van der Waals surface area contributed by atoms with Gasteiger partial charge in [-0.1, -0.05) is 34.6 Å². The van der Waals surface area contributed by atoms with Crippen molar-refractivity contribution in [2.24, 2.45) is 5.92 Å². The standard InChI is InChI=1S/C16H30N2O2S/c1-6-16(7-2)15(20)18(10-9-11-21-8-3)13(12(4)5)14(19)17-16/h12-13H,6-11H2,1-5H3,(H,17,19). The number of hydrogen-bond acceptors (Lipinski definition) is 3. The fourth-order valence-corrected chi connectivity index (χ4v) is 3.64. The average molecular weight is 314 g/mol. The molecule has 0 aromatic heterocycles. The van der Waals surface area contributed by atoms with Gasteiger partial charge in [0.05, 0.1) is 0 Å². The van der Waals surface area contributed by atoms with Crippen LogP contribution in [0.15, 0.2) is 0 Å². The monoisotopic (exact) mass is 314 g/mol. The van der Waals surface area contributed by atoms with Crippen LogP contribution in [0.5, 0.6) is 0 Å². The number of carbonyl (C=O) groups is 2. The second kappa shape index (κ2) is 8.06. The number of nitrogens with one attached hydrogen (secondary N) is 1. The summed E-state index contributed by atoms with van der Waals surface area (Å²) in [6, 6.07) is -0.324. The Morgan fingerprint density at radius 3 is 2.33 bits per heavy atom. The highest BCUT2D eigenvalue weighted by molar-refractivity contribution is 7.99. The van der Waals surface area contributed by atoms with Gasteiger partial charge >= 0.3 is 0 Å². The molecule has 122 valence electrons. The number of rotatable bonds is 8. The quantitative estimate of drug-likeness (QED) is 0.701. The molecule has 0 radical (unpaired) electrons. The van der Waals surface area contributed by atoms with Crippen molar-refractivity contribution in [1.82, 2.24) is 10.2 Å². The van der Waals surface area contributed by atoms with E-state index in [-0.39, 0.29) is 23.8 Å². The lowest BCUT2D eigenvalue weighted by atomic mass is 9.85. The molecule has 1 unspecified atom stereocenters. The average Bonchev–Trinajstić information content (AvgIpc) is 2.46. The Kier molecular flexibility index (Phi) is 7.04. The third-order valence-corrected chi connectivity index (χ3v) is 5.35. The van der Waals surface area contributed by atoms with Gasteiger partial charge < -0.3 is 10.2 Å². The molecule has 4 nitrogen and oxygen atoms in total. The molecular weight excluding hydrogens is 284 g/mol. The molecule has 1 rings (SSSR count). The Morgan fingerprint density at radius 1 is 1.24 bits per heavy atom. The molecule has 1 aliphatic rings. The van der Waals surface area contributed by atoms with Gasteiger partial charge in [0.15, 0.2) is 0 Å². The molecule has 0 aliphatic carbocycles. The maximum atomic E-state index is 12.9. The summed E-state index contributed by atoms with van der Waals surface area (Å²) in [6.45, 7) is 10.8. The molecule has 0 aromatic carbocycles. The SMILES string of the molecule is CCSCCCN1C(=O)C(CC)(CC)NC(=O)C1C(C)C. The molecule has 1 heterocycles. The summed E-state index contributed by atoms with van der Waals surface area (Å²) in [6.07, 6.45) is 2.25. The predicted octanol–water partition coefficient (Wildman–Crippen LogP) is 2.67. The molecule has 0 aromatic rings. The normalized spacial score (nSPS) is 21.8. The summed E-state index contributed by atoms with van der Waals surface area (Å²) >= 11 is 1.88. The van der Waals surface area contributed by atoms with Gasteiger partial charge in [-0.25, -0.2) is 0 Å². The summed E-state index contributed by atoms with van der Waals surface area (Å²) in [5.41, 5.74) is -0.694. The minimum atomic E-state index is -0.694. The van der Waals surface area contributed by atoms with Crippen LogP contribution in [-0.2, 0) is 9.59 Å². The topological polar surface area (TPSA) is 49.4 Å². The smallest absolute Gasteiger partial charge is 0.248 e. The van der Waals surface area contributed by atoms with E-state index in [1.165, 1.54) is 0 Å². The number of thioether (sulfide) groups is 1. The van der Waals surface area contributed by atoms with E-state index in [0.29, 0.717) is 19.4 Å². The van der Waals surface area contributed by atoms with E-state index in [2.05, 4.69) is 12.2 Å². The second-order valence-corrected chi connectivity index (χ2v) is 7.41. The molecule has 1 saturated heterocycles. The van der Waals surface area contributed by atoms with E-state index in [0.717, 1.165) is 17.9 Å². The Labute approximate surface area is 133 Å². The first-order valence-electron chi connectivity index (χ1n) is 8.14. The molecule has 0 saturated carbocycles. The molecule has 1 fully saturated rings. The van der Waals surface area contributed by atoms with Crippen molar-refractivity contribution in [2.75, 3.05) is 18.1 Å².